The summed E-state index contributed by atoms with van der Waals surface area (Å²) in [6.07, 6.45) is 2.91. The number of aromatic nitrogens is 1. The highest BCUT2D eigenvalue weighted by atomic mass is 32.2. The van der Waals surface area contributed by atoms with Crippen LogP contribution in [0.25, 0.3) is 22.0 Å². The van der Waals surface area contributed by atoms with Gasteiger partial charge in [0.25, 0.3) is 5.91 Å². The van der Waals surface area contributed by atoms with Crippen molar-refractivity contribution >= 4 is 38.2 Å². The highest BCUT2D eigenvalue weighted by Crippen LogP contribution is 2.33. The van der Waals surface area contributed by atoms with Crippen LogP contribution in [-0.2, 0) is 10.0 Å². The molecule has 0 radical (unpaired) electrons. The summed E-state index contributed by atoms with van der Waals surface area (Å²) in [4.78, 5) is 16.2. The number of nitrogens with zero attached hydrogens (tertiary/aromatic N) is 1. The van der Waals surface area contributed by atoms with E-state index < -0.39 is 10.0 Å². The van der Waals surface area contributed by atoms with E-state index in [2.05, 4.69) is 10.3 Å². The first-order valence-electron chi connectivity index (χ1n) is 9.35. The van der Waals surface area contributed by atoms with E-state index in [1.807, 2.05) is 48.5 Å². The number of anilines is 2. The fourth-order valence-electron chi connectivity index (χ4n) is 3.37. The molecule has 0 fully saturated rings. The molecule has 0 aliphatic carbocycles. The van der Waals surface area contributed by atoms with Gasteiger partial charge in [0.1, 0.15) is 0 Å². The Morgan fingerprint density at radius 3 is 2.43 bits per heavy atom. The lowest BCUT2D eigenvalue weighted by molar-refractivity contribution is 0.102. The van der Waals surface area contributed by atoms with Crippen molar-refractivity contribution in [1.82, 2.24) is 4.98 Å². The van der Waals surface area contributed by atoms with Crippen LogP contribution in [0.3, 0.4) is 0 Å². The Kier molecular flexibility index (Phi) is 5.05. The fourth-order valence-corrected chi connectivity index (χ4v) is 3.89. The zero-order valence-corrected chi connectivity index (χ0v) is 17.4. The number of amides is 1. The van der Waals surface area contributed by atoms with Gasteiger partial charge in [-0.3, -0.25) is 9.10 Å². The van der Waals surface area contributed by atoms with E-state index in [0.29, 0.717) is 16.9 Å². The minimum Gasteiger partial charge on any atom is -0.361 e. The molecule has 2 N–H and O–H groups in total. The largest absolute Gasteiger partial charge is 0.361 e. The second-order valence-corrected chi connectivity index (χ2v) is 9.04. The molecule has 1 aromatic heterocycles. The lowest BCUT2D eigenvalue weighted by Gasteiger charge is -2.21. The molecule has 0 unspecified atom stereocenters. The molecule has 4 aromatic rings. The first-order valence-corrected chi connectivity index (χ1v) is 11.2. The second-order valence-electron chi connectivity index (χ2n) is 7.03. The fraction of sp³-hybridized carbons (Fsp3) is 0.0870. The van der Waals surface area contributed by atoms with Gasteiger partial charge in [-0.2, -0.15) is 0 Å². The van der Waals surface area contributed by atoms with Crippen molar-refractivity contribution in [3.8, 4) is 11.1 Å². The molecule has 3 aromatic carbocycles. The van der Waals surface area contributed by atoms with E-state index in [4.69, 9.17) is 0 Å². The molecule has 7 heteroatoms. The van der Waals surface area contributed by atoms with Gasteiger partial charge in [-0.1, -0.05) is 42.5 Å². The number of sulfonamides is 1. The van der Waals surface area contributed by atoms with Gasteiger partial charge in [-0.25, -0.2) is 8.42 Å². The van der Waals surface area contributed by atoms with Crippen LogP contribution in [0.4, 0.5) is 11.4 Å². The number of fused-ring (bicyclic) bond motifs is 1. The standard InChI is InChI=1S/C23H21N3O3S/c1-26(30(2,28)29)22-12-11-17(16-7-4-3-5-8-16)15-21(22)25-23(27)19-9-6-10-20-18(19)13-14-24-20/h3-15,24H,1-2H3,(H,25,27). The number of hydrogen-bond acceptors (Lipinski definition) is 3. The molecular formula is C23H21N3O3S. The smallest absolute Gasteiger partial charge is 0.256 e. The minimum absolute atomic E-state index is 0.312. The van der Waals surface area contributed by atoms with Crippen molar-refractivity contribution in [2.24, 2.45) is 0 Å². The number of hydrogen-bond donors (Lipinski definition) is 2. The minimum atomic E-state index is -3.50. The Labute approximate surface area is 175 Å². The summed E-state index contributed by atoms with van der Waals surface area (Å²) < 4.78 is 25.4. The Hall–Kier alpha value is -3.58. The number of benzene rings is 3. The van der Waals surface area contributed by atoms with Gasteiger partial charge in [-0.15, -0.1) is 0 Å². The van der Waals surface area contributed by atoms with Gasteiger partial charge in [0.05, 0.1) is 17.6 Å². The summed E-state index contributed by atoms with van der Waals surface area (Å²) in [6, 6.07) is 22.3. The van der Waals surface area contributed by atoms with Crippen molar-refractivity contribution in [2.75, 3.05) is 22.9 Å². The molecule has 6 nitrogen and oxygen atoms in total. The van der Waals surface area contributed by atoms with E-state index in [0.717, 1.165) is 32.6 Å². The number of nitrogens with one attached hydrogen (secondary N) is 2. The zero-order valence-electron chi connectivity index (χ0n) is 16.6. The van der Waals surface area contributed by atoms with Crippen LogP contribution in [0.2, 0.25) is 0 Å². The van der Waals surface area contributed by atoms with Crippen molar-refractivity contribution in [3.05, 3.63) is 84.6 Å². The van der Waals surface area contributed by atoms with Crippen molar-refractivity contribution in [2.45, 2.75) is 0 Å². The number of H-pyrrole nitrogens is 1. The summed E-state index contributed by atoms with van der Waals surface area (Å²) in [5.74, 6) is -0.312. The monoisotopic (exact) mass is 419 g/mol. The molecule has 4 rings (SSSR count). The summed E-state index contributed by atoms with van der Waals surface area (Å²) in [7, 11) is -2.04. The van der Waals surface area contributed by atoms with E-state index >= 15 is 0 Å². The molecule has 1 heterocycles. The van der Waals surface area contributed by atoms with Gasteiger partial charge in [0.15, 0.2) is 0 Å². The Bertz CT molecular complexity index is 1330. The molecule has 0 atom stereocenters. The average molecular weight is 420 g/mol. The predicted octanol–water partition coefficient (Wildman–Crippen LogP) is 4.48. The SMILES string of the molecule is CN(c1ccc(-c2ccccc2)cc1NC(=O)c1cccc2[nH]ccc12)S(C)(=O)=O. The molecule has 1 amide bonds. The third-order valence-electron chi connectivity index (χ3n) is 5.03. The third-order valence-corrected chi connectivity index (χ3v) is 6.22. The van der Waals surface area contributed by atoms with Gasteiger partial charge in [0, 0.05) is 29.7 Å². The predicted molar refractivity (Wildman–Crippen MR) is 121 cm³/mol. The number of carbonyl (C=O) groups excluding carboxylic acids is 1. The topological polar surface area (TPSA) is 82.3 Å². The molecular weight excluding hydrogens is 398 g/mol. The molecule has 0 saturated heterocycles. The normalized spacial score (nSPS) is 11.4. The summed E-state index contributed by atoms with van der Waals surface area (Å²) in [6.45, 7) is 0. The average Bonchev–Trinajstić information content (AvgIpc) is 3.22. The lowest BCUT2D eigenvalue weighted by atomic mass is 10.0. The molecule has 0 saturated carbocycles. The first-order chi connectivity index (χ1) is 14.3. The summed E-state index contributed by atoms with van der Waals surface area (Å²) >= 11 is 0. The molecule has 152 valence electrons. The second kappa shape index (κ2) is 7.68. The van der Waals surface area contributed by atoms with E-state index in [9.17, 15) is 13.2 Å². The maximum Gasteiger partial charge on any atom is 0.256 e. The number of rotatable bonds is 5. The first kappa shape index (κ1) is 19.7. The van der Waals surface area contributed by atoms with Crippen LogP contribution in [0, 0.1) is 0 Å². The Morgan fingerprint density at radius 2 is 1.70 bits per heavy atom. The van der Waals surface area contributed by atoms with Crippen molar-refractivity contribution in [1.29, 1.82) is 0 Å². The van der Waals surface area contributed by atoms with E-state index in [1.54, 1.807) is 30.5 Å². The Morgan fingerprint density at radius 1 is 0.933 bits per heavy atom. The van der Waals surface area contributed by atoms with E-state index in [1.165, 1.54) is 7.05 Å². The quantitative estimate of drug-likeness (QED) is 0.500. The molecule has 0 aliphatic rings. The molecule has 0 spiro atoms. The van der Waals surface area contributed by atoms with Gasteiger partial charge < -0.3 is 10.3 Å². The molecule has 0 aliphatic heterocycles. The molecule has 30 heavy (non-hydrogen) atoms. The van der Waals surface area contributed by atoms with E-state index in [-0.39, 0.29) is 5.91 Å². The maximum atomic E-state index is 13.1. The highest BCUT2D eigenvalue weighted by Gasteiger charge is 2.19. The molecule has 0 bridgehead atoms. The highest BCUT2D eigenvalue weighted by molar-refractivity contribution is 7.92. The van der Waals surface area contributed by atoms with Gasteiger partial charge in [0.2, 0.25) is 10.0 Å². The summed E-state index contributed by atoms with van der Waals surface area (Å²) in [5.41, 5.74) is 4.01. The van der Waals surface area contributed by atoms with Gasteiger partial charge in [-0.05, 0) is 41.5 Å². The lowest BCUT2D eigenvalue weighted by Crippen LogP contribution is -2.26. The maximum absolute atomic E-state index is 13.1. The third kappa shape index (κ3) is 3.79. The van der Waals surface area contributed by atoms with Crippen LogP contribution in [0.1, 0.15) is 10.4 Å². The number of aromatic amines is 1. The van der Waals surface area contributed by atoms with Crippen LogP contribution >= 0.6 is 0 Å². The van der Waals surface area contributed by atoms with Crippen LogP contribution in [0.15, 0.2) is 79.0 Å². The zero-order chi connectivity index (χ0) is 21.3. The number of carbonyl (C=O) groups is 1. The van der Waals surface area contributed by atoms with Crippen LogP contribution in [0.5, 0.6) is 0 Å². The van der Waals surface area contributed by atoms with Crippen molar-refractivity contribution in [3.63, 3.8) is 0 Å². The Balaban J connectivity index is 1.79. The van der Waals surface area contributed by atoms with Crippen LogP contribution < -0.4 is 9.62 Å². The van der Waals surface area contributed by atoms with Crippen LogP contribution in [-0.4, -0.2) is 32.6 Å². The van der Waals surface area contributed by atoms with Crippen molar-refractivity contribution < 1.29 is 13.2 Å². The summed E-state index contributed by atoms with van der Waals surface area (Å²) in [5, 5.41) is 3.71. The van der Waals surface area contributed by atoms with Gasteiger partial charge >= 0.3 is 0 Å².